The van der Waals surface area contributed by atoms with Crippen LogP contribution in [0, 0.1) is 0 Å². The highest BCUT2D eigenvalue weighted by molar-refractivity contribution is 7.99. The van der Waals surface area contributed by atoms with Crippen molar-refractivity contribution in [1.82, 2.24) is 15.5 Å². The molecule has 0 bridgehead atoms. The van der Waals surface area contributed by atoms with Crippen LogP contribution in [0.5, 0.6) is 11.5 Å². The quantitative estimate of drug-likeness (QED) is 0.753. The SMILES string of the molecule is COC[C@H](C)NC(=O)CSc1nnc(-c2ccc3c(c2)OCO3)o1. The third-order valence-electron chi connectivity index (χ3n) is 3.18. The summed E-state index contributed by atoms with van der Waals surface area (Å²) in [4.78, 5) is 11.8. The first-order chi connectivity index (χ1) is 11.7. The van der Waals surface area contributed by atoms with Gasteiger partial charge >= 0.3 is 0 Å². The maximum absolute atomic E-state index is 11.8. The fraction of sp³-hybridized carbons (Fsp3) is 0.400. The normalized spacial score (nSPS) is 13.8. The number of rotatable bonds is 7. The number of ether oxygens (including phenoxy) is 3. The predicted molar refractivity (Wildman–Crippen MR) is 86.1 cm³/mol. The van der Waals surface area contributed by atoms with Crippen LogP contribution in [0.1, 0.15) is 6.92 Å². The molecule has 1 aromatic carbocycles. The second kappa shape index (κ2) is 7.54. The average molecular weight is 351 g/mol. The van der Waals surface area contributed by atoms with Gasteiger partial charge in [0.05, 0.1) is 12.4 Å². The van der Waals surface area contributed by atoms with E-state index in [0.717, 1.165) is 5.56 Å². The lowest BCUT2D eigenvalue weighted by atomic mass is 10.2. The van der Waals surface area contributed by atoms with Crippen molar-refractivity contribution in [2.75, 3.05) is 26.3 Å². The Morgan fingerprint density at radius 3 is 3.04 bits per heavy atom. The summed E-state index contributed by atoms with van der Waals surface area (Å²) >= 11 is 1.18. The number of benzene rings is 1. The van der Waals surface area contributed by atoms with Crippen LogP contribution < -0.4 is 14.8 Å². The van der Waals surface area contributed by atoms with Crippen molar-refractivity contribution < 1.29 is 23.4 Å². The number of amides is 1. The molecule has 8 nitrogen and oxygen atoms in total. The highest BCUT2D eigenvalue weighted by atomic mass is 32.2. The van der Waals surface area contributed by atoms with Gasteiger partial charge in [-0.25, -0.2) is 0 Å². The topological polar surface area (TPSA) is 95.7 Å². The maximum Gasteiger partial charge on any atom is 0.277 e. The van der Waals surface area contributed by atoms with Gasteiger partial charge < -0.3 is 23.9 Å². The first-order valence-electron chi connectivity index (χ1n) is 7.30. The number of carbonyl (C=O) groups excluding carboxylic acids is 1. The smallest absolute Gasteiger partial charge is 0.277 e. The molecule has 0 spiro atoms. The first-order valence-corrected chi connectivity index (χ1v) is 8.29. The fourth-order valence-electron chi connectivity index (χ4n) is 2.15. The van der Waals surface area contributed by atoms with Crippen LogP contribution >= 0.6 is 11.8 Å². The third kappa shape index (κ3) is 3.98. The summed E-state index contributed by atoms with van der Waals surface area (Å²) in [5, 5.41) is 11.1. The lowest BCUT2D eigenvalue weighted by Gasteiger charge is -2.11. The molecule has 128 valence electrons. The number of nitrogens with zero attached hydrogens (tertiary/aromatic N) is 2. The van der Waals surface area contributed by atoms with Crippen LogP contribution in [0.3, 0.4) is 0 Å². The van der Waals surface area contributed by atoms with Crippen LogP contribution in [0.15, 0.2) is 27.8 Å². The van der Waals surface area contributed by atoms with Crippen molar-refractivity contribution in [2.45, 2.75) is 18.2 Å². The Balaban J connectivity index is 1.57. The monoisotopic (exact) mass is 351 g/mol. The van der Waals surface area contributed by atoms with Gasteiger partial charge in [-0.05, 0) is 25.1 Å². The molecular formula is C15H17N3O5S. The summed E-state index contributed by atoms with van der Waals surface area (Å²) < 4.78 is 21.1. The van der Waals surface area contributed by atoms with E-state index in [1.54, 1.807) is 19.2 Å². The molecule has 0 unspecified atom stereocenters. The molecule has 1 N–H and O–H groups in total. The highest BCUT2D eigenvalue weighted by Gasteiger charge is 2.17. The summed E-state index contributed by atoms with van der Waals surface area (Å²) in [5.41, 5.74) is 0.733. The number of hydrogen-bond donors (Lipinski definition) is 1. The molecule has 0 radical (unpaired) electrons. The number of fused-ring (bicyclic) bond motifs is 1. The largest absolute Gasteiger partial charge is 0.454 e. The van der Waals surface area contributed by atoms with Crippen molar-refractivity contribution in [3.05, 3.63) is 18.2 Å². The molecule has 1 aromatic heterocycles. The summed E-state index contributed by atoms with van der Waals surface area (Å²) in [7, 11) is 1.59. The average Bonchev–Trinajstić information content (AvgIpc) is 3.21. The number of thioether (sulfide) groups is 1. The van der Waals surface area contributed by atoms with E-state index >= 15 is 0 Å². The minimum Gasteiger partial charge on any atom is -0.454 e. The molecule has 0 fully saturated rings. The van der Waals surface area contributed by atoms with Crippen LogP contribution in [-0.2, 0) is 9.53 Å². The summed E-state index contributed by atoms with van der Waals surface area (Å²) in [5.74, 6) is 1.77. The van der Waals surface area contributed by atoms with Gasteiger partial charge in [0.1, 0.15) is 0 Å². The first kappa shape index (κ1) is 16.6. The van der Waals surface area contributed by atoms with Crippen molar-refractivity contribution in [2.24, 2.45) is 0 Å². The van der Waals surface area contributed by atoms with Gasteiger partial charge in [-0.15, -0.1) is 10.2 Å². The molecule has 0 aliphatic carbocycles. The lowest BCUT2D eigenvalue weighted by molar-refractivity contribution is -0.119. The van der Waals surface area contributed by atoms with Gasteiger partial charge in [-0.1, -0.05) is 11.8 Å². The minimum absolute atomic E-state index is 0.0463. The van der Waals surface area contributed by atoms with Gasteiger partial charge in [-0.2, -0.15) is 0 Å². The molecule has 1 aliphatic rings. The molecule has 1 atom stereocenters. The minimum atomic E-state index is -0.118. The molecule has 1 amide bonds. The van der Waals surface area contributed by atoms with E-state index in [2.05, 4.69) is 15.5 Å². The Morgan fingerprint density at radius 1 is 1.38 bits per heavy atom. The molecule has 9 heteroatoms. The Morgan fingerprint density at radius 2 is 2.21 bits per heavy atom. The molecule has 24 heavy (non-hydrogen) atoms. The van der Waals surface area contributed by atoms with Gasteiger partial charge in [0.15, 0.2) is 11.5 Å². The Kier molecular flexibility index (Phi) is 5.21. The van der Waals surface area contributed by atoms with E-state index < -0.39 is 0 Å². The number of aromatic nitrogens is 2. The molecular weight excluding hydrogens is 334 g/mol. The third-order valence-corrected chi connectivity index (χ3v) is 4.00. The van der Waals surface area contributed by atoms with Crippen LogP contribution in [0.2, 0.25) is 0 Å². The van der Waals surface area contributed by atoms with Crippen LogP contribution in [0.4, 0.5) is 0 Å². The standard InChI is InChI=1S/C15H17N3O5S/c1-9(6-20-2)16-13(19)7-24-15-18-17-14(23-15)10-3-4-11-12(5-10)22-8-21-11/h3-5,9H,6-8H2,1-2H3,(H,16,19)/t9-/m0/s1. The Bertz CT molecular complexity index is 721. The number of hydrogen-bond acceptors (Lipinski definition) is 8. The zero-order chi connectivity index (χ0) is 16.9. The van der Waals surface area contributed by atoms with E-state index in [1.807, 2.05) is 13.0 Å². The fourth-order valence-corrected chi connectivity index (χ4v) is 2.72. The van der Waals surface area contributed by atoms with E-state index in [9.17, 15) is 4.79 Å². The molecule has 0 saturated heterocycles. The number of carbonyl (C=O) groups is 1. The van der Waals surface area contributed by atoms with E-state index in [1.165, 1.54) is 11.8 Å². The number of methoxy groups -OCH3 is 1. The van der Waals surface area contributed by atoms with Crippen molar-refractivity contribution in [3.8, 4) is 23.0 Å². The van der Waals surface area contributed by atoms with Gasteiger partial charge in [0.25, 0.3) is 5.22 Å². The van der Waals surface area contributed by atoms with Gasteiger partial charge in [-0.3, -0.25) is 4.79 Å². The molecule has 1 aliphatic heterocycles. The van der Waals surface area contributed by atoms with Crippen LogP contribution in [-0.4, -0.2) is 48.4 Å². The zero-order valence-corrected chi connectivity index (χ0v) is 14.1. The number of nitrogens with one attached hydrogen (secondary N) is 1. The molecule has 2 heterocycles. The summed E-state index contributed by atoms with van der Waals surface area (Å²) in [6.45, 7) is 2.54. The second-order valence-electron chi connectivity index (χ2n) is 5.15. The van der Waals surface area contributed by atoms with E-state index in [0.29, 0.717) is 29.2 Å². The van der Waals surface area contributed by atoms with Crippen molar-refractivity contribution >= 4 is 17.7 Å². The molecule has 3 rings (SSSR count). The van der Waals surface area contributed by atoms with E-state index in [-0.39, 0.29) is 24.5 Å². The van der Waals surface area contributed by atoms with Crippen molar-refractivity contribution in [3.63, 3.8) is 0 Å². The summed E-state index contributed by atoms with van der Waals surface area (Å²) in [6.07, 6.45) is 0. The zero-order valence-electron chi connectivity index (χ0n) is 13.3. The van der Waals surface area contributed by atoms with Gasteiger partial charge in [0.2, 0.25) is 18.6 Å². The lowest BCUT2D eigenvalue weighted by Crippen LogP contribution is -2.36. The molecule has 0 saturated carbocycles. The molecule has 2 aromatic rings. The summed E-state index contributed by atoms with van der Waals surface area (Å²) in [6, 6.07) is 5.34. The Labute approximate surface area is 142 Å². The van der Waals surface area contributed by atoms with E-state index in [4.69, 9.17) is 18.6 Å². The van der Waals surface area contributed by atoms with Crippen molar-refractivity contribution in [1.29, 1.82) is 0 Å². The highest BCUT2D eigenvalue weighted by Crippen LogP contribution is 2.35. The maximum atomic E-state index is 11.8. The van der Waals surface area contributed by atoms with Crippen LogP contribution in [0.25, 0.3) is 11.5 Å². The second-order valence-corrected chi connectivity index (χ2v) is 6.08. The Hall–Kier alpha value is -2.26. The predicted octanol–water partition coefficient (Wildman–Crippen LogP) is 1.71. The van der Waals surface area contributed by atoms with Gasteiger partial charge in [0, 0.05) is 18.7 Å².